The third-order valence-electron chi connectivity index (χ3n) is 6.40. The molecule has 40 heavy (non-hydrogen) atoms. The van der Waals surface area contributed by atoms with Gasteiger partial charge in [-0.2, -0.15) is 5.26 Å². The molecule has 0 spiro atoms. The van der Waals surface area contributed by atoms with E-state index in [0.717, 1.165) is 23.8 Å². The first kappa shape index (κ1) is 28.6. The Kier molecular flexibility index (Phi) is 8.70. The lowest BCUT2D eigenvalue weighted by atomic mass is 10.0. The molecular weight excluding hydrogens is 508 g/mol. The Morgan fingerprint density at radius 1 is 1.18 bits per heavy atom. The summed E-state index contributed by atoms with van der Waals surface area (Å²) in [6, 6.07) is 16.7. The van der Waals surface area contributed by atoms with Crippen LogP contribution in [0.2, 0.25) is 0 Å². The van der Waals surface area contributed by atoms with Gasteiger partial charge in [-0.1, -0.05) is 30.8 Å². The van der Waals surface area contributed by atoms with Crippen LogP contribution in [0.1, 0.15) is 44.1 Å². The molecule has 0 aliphatic carbocycles. The van der Waals surface area contributed by atoms with Crippen molar-refractivity contribution in [2.45, 2.75) is 45.3 Å². The first-order valence-electron chi connectivity index (χ1n) is 13.1. The lowest BCUT2D eigenvalue weighted by molar-refractivity contribution is 0.0582. The van der Waals surface area contributed by atoms with Crippen LogP contribution in [0.5, 0.6) is 5.75 Å². The molecule has 1 aliphatic heterocycles. The zero-order valence-electron chi connectivity index (χ0n) is 23.3. The number of aromatic nitrogens is 1. The molecule has 0 bridgehead atoms. The quantitative estimate of drug-likeness (QED) is 0.384. The number of hydrogen-bond acceptors (Lipinski definition) is 7. The van der Waals surface area contributed by atoms with Gasteiger partial charge in [0.15, 0.2) is 0 Å². The molecule has 2 aromatic carbocycles. The van der Waals surface area contributed by atoms with E-state index < -0.39 is 11.7 Å². The maximum atomic E-state index is 13.4. The van der Waals surface area contributed by atoms with Crippen LogP contribution in [0.4, 0.5) is 10.5 Å². The van der Waals surface area contributed by atoms with Crippen molar-refractivity contribution in [3.8, 4) is 23.1 Å². The molecule has 0 radical (unpaired) electrons. The van der Waals surface area contributed by atoms with E-state index in [1.54, 1.807) is 39.0 Å². The Bertz CT molecular complexity index is 1460. The summed E-state index contributed by atoms with van der Waals surface area (Å²) in [4.78, 5) is 32.3. The Hall–Kier alpha value is -4.42. The minimum atomic E-state index is -0.762. The monoisotopic (exact) mass is 542 g/mol. The molecule has 1 N–H and O–H groups in total. The number of benzene rings is 2. The van der Waals surface area contributed by atoms with Gasteiger partial charge < -0.3 is 19.5 Å². The predicted octanol–water partition coefficient (Wildman–Crippen LogP) is 5.64. The molecule has 0 saturated carbocycles. The van der Waals surface area contributed by atoms with Gasteiger partial charge in [0.1, 0.15) is 17.0 Å². The van der Waals surface area contributed by atoms with E-state index >= 15 is 0 Å². The average molecular weight is 543 g/mol. The van der Waals surface area contributed by atoms with E-state index in [1.807, 2.05) is 36.4 Å². The Morgan fingerprint density at radius 3 is 2.58 bits per heavy atom. The van der Waals surface area contributed by atoms with Crippen molar-refractivity contribution in [3.63, 3.8) is 0 Å². The number of pyridine rings is 1. The molecule has 4 rings (SSSR count). The third kappa shape index (κ3) is 6.77. The van der Waals surface area contributed by atoms with Crippen LogP contribution in [0.15, 0.2) is 60.7 Å². The van der Waals surface area contributed by atoms with Gasteiger partial charge in [-0.25, -0.2) is 9.78 Å². The van der Waals surface area contributed by atoms with Crippen molar-refractivity contribution < 1.29 is 23.8 Å². The van der Waals surface area contributed by atoms with Crippen LogP contribution in [-0.4, -0.2) is 55.5 Å². The lowest BCUT2D eigenvalue weighted by Gasteiger charge is -2.29. The second-order valence-corrected chi connectivity index (χ2v) is 10.6. The number of methoxy groups -OCH3 is 1. The van der Waals surface area contributed by atoms with Gasteiger partial charge >= 0.3 is 6.09 Å². The van der Waals surface area contributed by atoms with Crippen LogP contribution >= 0.6 is 0 Å². The van der Waals surface area contributed by atoms with E-state index in [2.05, 4.69) is 16.9 Å². The van der Waals surface area contributed by atoms with Crippen LogP contribution in [0, 0.1) is 11.3 Å². The molecule has 1 aromatic heterocycles. The summed E-state index contributed by atoms with van der Waals surface area (Å²) in [5.41, 5.74) is 1.52. The van der Waals surface area contributed by atoms with E-state index in [9.17, 15) is 14.9 Å². The van der Waals surface area contributed by atoms with Crippen LogP contribution in [0.3, 0.4) is 0 Å². The summed E-state index contributed by atoms with van der Waals surface area (Å²) in [7, 11) is 1.52. The van der Waals surface area contributed by atoms with Gasteiger partial charge in [0, 0.05) is 35.8 Å². The fourth-order valence-corrected chi connectivity index (χ4v) is 4.49. The molecule has 208 valence electrons. The van der Waals surface area contributed by atoms with Gasteiger partial charge in [0.2, 0.25) is 0 Å². The third-order valence-corrected chi connectivity index (χ3v) is 6.40. The predicted molar refractivity (Wildman–Crippen MR) is 153 cm³/mol. The van der Waals surface area contributed by atoms with Gasteiger partial charge in [0.05, 0.1) is 31.1 Å². The molecular formula is C31H34N4O5. The summed E-state index contributed by atoms with van der Waals surface area (Å²) in [6.07, 6.45) is 0.908. The number of nitrogens with one attached hydrogen (secondary N) is 1. The molecule has 9 nitrogen and oxygen atoms in total. The smallest absolute Gasteiger partial charge is 0.415 e. The number of rotatable bonds is 7. The maximum absolute atomic E-state index is 13.4. The van der Waals surface area contributed by atoms with Crippen molar-refractivity contribution in [1.29, 1.82) is 5.26 Å². The van der Waals surface area contributed by atoms with E-state index in [4.69, 9.17) is 14.2 Å². The van der Waals surface area contributed by atoms with Crippen molar-refractivity contribution in [3.05, 3.63) is 66.4 Å². The van der Waals surface area contributed by atoms with Crippen molar-refractivity contribution in [2.24, 2.45) is 0 Å². The van der Waals surface area contributed by atoms with E-state index in [1.165, 1.54) is 12.0 Å². The Balaban J connectivity index is 1.77. The summed E-state index contributed by atoms with van der Waals surface area (Å²) < 4.78 is 16.7. The number of anilines is 1. The number of fused-ring (bicyclic) bond motifs is 1. The van der Waals surface area contributed by atoms with Crippen molar-refractivity contribution in [2.75, 3.05) is 31.8 Å². The summed E-state index contributed by atoms with van der Waals surface area (Å²) in [5.74, 6) is 0.196. The average Bonchev–Trinajstić information content (AvgIpc) is 2.94. The highest BCUT2D eigenvalue weighted by Crippen LogP contribution is 2.39. The molecule has 9 heteroatoms. The van der Waals surface area contributed by atoms with Crippen LogP contribution < -0.4 is 15.0 Å². The molecule has 2 heterocycles. The van der Waals surface area contributed by atoms with Crippen LogP contribution in [0.25, 0.3) is 22.0 Å². The summed E-state index contributed by atoms with van der Waals surface area (Å²) in [6.45, 7) is 10.3. The zero-order chi connectivity index (χ0) is 28.9. The molecule has 2 amide bonds. The van der Waals surface area contributed by atoms with Crippen LogP contribution in [-0.2, 0) is 9.47 Å². The number of carbonyl (C=O) groups excluding carboxylic acids is 2. The zero-order valence-corrected chi connectivity index (χ0v) is 23.3. The number of amides is 2. The highest BCUT2D eigenvalue weighted by atomic mass is 16.6. The number of carbonyl (C=O) groups is 2. The highest BCUT2D eigenvalue weighted by Gasteiger charge is 2.28. The minimum Gasteiger partial charge on any atom is -0.495 e. The molecule has 0 unspecified atom stereocenters. The molecule has 3 aromatic rings. The topological polar surface area (TPSA) is 114 Å². The maximum Gasteiger partial charge on any atom is 0.415 e. The first-order chi connectivity index (χ1) is 19.1. The summed E-state index contributed by atoms with van der Waals surface area (Å²) in [5, 5.41) is 14.0. The fraction of sp³-hybridized carbons (Fsp3) is 0.355. The van der Waals surface area contributed by atoms with E-state index in [-0.39, 0.29) is 24.1 Å². The molecule has 0 atom stereocenters. The van der Waals surface area contributed by atoms with E-state index in [0.29, 0.717) is 41.4 Å². The van der Waals surface area contributed by atoms with Crippen molar-refractivity contribution >= 4 is 28.5 Å². The fourth-order valence-electron chi connectivity index (χ4n) is 4.49. The van der Waals surface area contributed by atoms with Crippen molar-refractivity contribution in [1.82, 2.24) is 10.3 Å². The van der Waals surface area contributed by atoms with Gasteiger partial charge in [-0.15, -0.1) is 0 Å². The highest BCUT2D eigenvalue weighted by molar-refractivity contribution is 6.06. The molecule has 1 saturated heterocycles. The number of hydrogen-bond donors (Lipinski definition) is 1. The molecule has 1 fully saturated rings. The Labute approximate surface area is 234 Å². The second-order valence-electron chi connectivity index (χ2n) is 10.6. The normalized spacial score (nSPS) is 13.8. The summed E-state index contributed by atoms with van der Waals surface area (Å²) >= 11 is 0. The number of ether oxygens (including phenoxy) is 3. The van der Waals surface area contributed by atoms with Gasteiger partial charge in [-0.3, -0.25) is 9.69 Å². The lowest BCUT2D eigenvalue weighted by Crippen LogP contribution is -2.39. The SMILES string of the molecule is C=C(C#N)CN(C(=O)OC(C)(C)C)c1c(OC)ccc2ccc(-c3cccc(C(=O)NC4CCOCC4)n3)cc12. The minimum absolute atomic E-state index is 0.0596. The molecule has 1 aliphatic rings. The Morgan fingerprint density at radius 2 is 1.90 bits per heavy atom. The number of nitrogens with zero attached hydrogens (tertiary/aromatic N) is 3. The largest absolute Gasteiger partial charge is 0.495 e. The van der Waals surface area contributed by atoms with Gasteiger partial charge in [-0.05, 0) is 63.3 Å². The van der Waals surface area contributed by atoms with Gasteiger partial charge in [0.25, 0.3) is 5.91 Å². The standard InChI is InChI=1S/C31H34N4O5/c1-20(18-32)19-35(30(37)40-31(2,3)4)28-24-17-22(10-9-21(24)11-12-27(28)38-5)25-7-6-8-26(34-25)29(36)33-23-13-15-39-16-14-23/h6-12,17,23H,1,13-16,19H2,2-5H3,(H,33,36). The number of nitriles is 1. The second kappa shape index (κ2) is 12.2. The first-order valence-corrected chi connectivity index (χ1v) is 13.1.